The molecule has 0 bridgehead atoms. The molecule has 0 radical (unpaired) electrons. The number of likely N-dealkylation sites (tertiary alicyclic amines) is 2. The summed E-state index contributed by atoms with van der Waals surface area (Å²) in [5, 5.41) is 8.14. The standard InChI is InChI=1S/C16H21N5OS/c1-19-14(8-21-11-17-10-18-21)6-13-7-20(4-2-15(13)19)16(22)12-3-5-23-9-12/h3,5,9-11,13-15H,2,4,6-8H2,1H3/t13-,14+,15+/m1/s1. The van der Waals surface area contributed by atoms with Crippen LogP contribution in [-0.4, -0.2) is 62.7 Å². The van der Waals surface area contributed by atoms with Crippen molar-refractivity contribution in [2.45, 2.75) is 31.5 Å². The molecule has 2 saturated heterocycles. The lowest BCUT2D eigenvalue weighted by molar-refractivity contribution is 0.0607. The van der Waals surface area contributed by atoms with Gasteiger partial charge in [-0.2, -0.15) is 16.4 Å². The number of nitrogens with zero attached hydrogens (tertiary/aromatic N) is 5. The van der Waals surface area contributed by atoms with Gasteiger partial charge in [-0.05, 0) is 37.3 Å². The Bertz CT molecular complexity index is 656. The Balaban J connectivity index is 1.43. The zero-order chi connectivity index (χ0) is 15.8. The molecule has 4 rings (SSSR count). The smallest absolute Gasteiger partial charge is 0.254 e. The van der Waals surface area contributed by atoms with Crippen LogP contribution in [0.25, 0.3) is 0 Å². The third-order valence-electron chi connectivity index (χ3n) is 5.29. The average Bonchev–Trinajstić information content (AvgIpc) is 3.30. The topological polar surface area (TPSA) is 54.3 Å². The first-order valence-corrected chi connectivity index (χ1v) is 9.02. The second-order valence-electron chi connectivity index (χ2n) is 6.55. The summed E-state index contributed by atoms with van der Waals surface area (Å²) in [5.74, 6) is 0.747. The minimum absolute atomic E-state index is 0.187. The van der Waals surface area contributed by atoms with Crippen molar-refractivity contribution in [2.24, 2.45) is 5.92 Å². The number of carbonyl (C=O) groups excluding carboxylic acids is 1. The van der Waals surface area contributed by atoms with Crippen molar-refractivity contribution < 1.29 is 4.79 Å². The van der Waals surface area contributed by atoms with Gasteiger partial charge in [0.2, 0.25) is 0 Å². The van der Waals surface area contributed by atoms with Crippen LogP contribution in [0.1, 0.15) is 23.2 Å². The van der Waals surface area contributed by atoms with Crippen LogP contribution in [0.5, 0.6) is 0 Å². The van der Waals surface area contributed by atoms with Crippen molar-refractivity contribution in [3.05, 3.63) is 35.0 Å². The molecular formula is C16H21N5OS. The van der Waals surface area contributed by atoms with Crippen LogP contribution in [0.3, 0.4) is 0 Å². The van der Waals surface area contributed by atoms with E-state index in [0.717, 1.165) is 38.0 Å². The van der Waals surface area contributed by atoms with Gasteiger partial charge in [-0.25, -0.2) is 4.98 Å². The van der Waals surface area contributed by atoms with Crippen molar-refractivity contribution in [3.8, 4) is 0 Å². The molecule has 0 saturated carbocycles. The zero-order valence-electron chi connectivity index (χ0n) is 13.2. The number of likely N-dealkylation sites (N-methyl/N-ethyl adjacent to an activating group) is 1. The molecule has 6 nitrogen and oxygen atoms in total. The summed E-state index contributed by atoms with van der Waals surface area (Å²) in [6, 6.07) is 2.98. The predicted octanol–water partition coefficient (Wildman–Crippen LogP) is 1.57. The van der Waals surface area contributed by atoms with Crippen molar-refractivity contribution in [1.82, 2.24) is 24.6 Å². The van der Waals surface area contributed by atoms with Gasteiger partial charge >= 0.3 is 0 Å². The maximum absolute atomic E-state index is 12.6. The van der Waals surface area contributed by atoms with Gasteiger partial charge in [0, 0.05) is 30.6 Å². The molecule has 2 aromatic rings. The zero-order valence-corrected chi connectivity index (χ0v) is 14.0. The monoisotopic (exact) mass is 331 g/mol. The van der Waals surface area contributed by atoms with Gasteiger partial charge in [0.15, 0.2) is 0 Å². The highest BCUT2D eigenvalue weighted by Gasteiger charge is 2.43. The number of rotatable bonds is 3. The molecule has 0 N–H and O–H groups in total. The fraction of sp³-hybridized carbons (Fsp3) is 0.562. The summed E-state index contributed by atoms with van der Waals surface area (Å²) in [7, 11) is 2.21. The predicted molar refractivity (Wildman–Crippen MR) is 88.3 cm³/mol. The summed E-state index contributed by atoms with van der Waals surface area (Å²) in [4.78, 5) is 21.1. The van der Waals surface area contributed by atoms with Crippen LogP contribution < -0.4 is 0 Å². The normalized spacial score (nSPS) is 28.0. The molecule has 0 unspecified atom stereocenters. The van der Waals surface area contributed by atoms with Crippen molar-refractivity contribution in [1.29, 1.82) is 0 Å². The van der Waals surface area contributed by atoms with E-state index in [2.05, 4.69) is 22.0 Å². The van der Waals surface area contributed by atoms with E-state index in [1.54, 1.807) is 24.0 Å². The molecule has 0 spiro atoms. The number of piperidine rings is 1. The molecule has 23 heavy (non-hydrogen) atoms. The van der Waals surface area contributed by atoms with Crippen molar-refractivity contribution >= 4 is 17.2 Å². The van der Waals surface area contributed by atoms with Gasteiger partial charge in [-0.1, -0.05) is 0 Å². The van der Waals surface area contributed by atoms with E-state index in [-0.39, 0.29) is 5.91 Å². The molecule has 2 fully saturated rings. The Morgan fingerprint density at radius 1 is 1.48 bits per heavy atom. The molecule has 2 aromatic heterocycles. The molecule has 1 amide bonds. The molecular weight excluding hydrogens is 310 g/mol. The fourth-order valence-electron chi connectivity index (χ4n) is 4.07. The highest BCUT2D eigenvalue weighted by atomic mass is 32.1. The minimum Gasteiger partial charge on any atom is -0.338 e. The maximum atomic E-state index is 12.6. The lowest BCUT2D eigenvalue weighted by Gasteiger charge is -2.37. The number of carbonyl (C=O) groups is 1. The van der Waals surface area contributed by atoms with Gasteiger partial charge in [0.05, 0.1) is 12.1 Å². The first kappa shape index (κ1) is 14.8. The van der Waals surface area contributed by atoms with E-state index < -0.39 is 0 Å². The summed E-state index contributed by atoms with van der Waals surface area (Å²) in [6.07, 6.45) is 5.55. The number of fused-ring (bicyclic) bond motifs is 1. The van der Waals surface area contributed by atoms with Crippen LogP contribution in [0.2, 0.25) is 0 Å². The molecule has 2 aliphatic heterocycles. The van der Waals surface area contributed by atoms with E-state index in [1.807, 2.05) is 26.4 Å². The molecule has 2 aliphatic rings. The first-order chi connectivity index (χ1) is 11.2. The SMILES string of the molecule is CN1[C@H](Cn2cncn2)C[C@@H]2CN(C(=O)c3ccsc3)CC[C@@H]21. The van der Waals surface area contributed by atoms with E-state index in [1.165, 1.54) is 0 Å². The van der Waals surface area contributed by atoms with Crippen LogP contribution in [0.15, 0.2) is 29.5 Å². The van der Waals surface area contributed by atoms with Gasteiger partial charge < -0.3 is 4.90 Å². The second-order valence-corrected chi connectivity index (χ2v) is 7.33. The molecule has 0 aromatic carbocycles. The Morgan fingerprint density at radius 3 is 3.13 bits per heavy atom. The third-order valence-corrected chi connectivity index (χ3v) is 5.97. The van der Waals surface area contributed by atoms with E-state index in [0.29, 0.717) is 18.0 Å². The number of hydrogen-bond donors (Lipinski definition) is 0. The lowest BCUT2D eigenvalue weighted by Crippen LogP contribution is -2.47. The number of aromatic nitrogens is 3. The molecule has 122 valence electrons. The highest BCUT2D eigenvalue weighted by Crippen LogP contribution is 2.35. The number of thiophene rings is 1. The van der Waals surface area contributed by atoms with Crippen LogP contribution in [-0.2, 0) is 6.54 Å². The van der Waals surface area contributed by atoms with E-state index in [9.17, 15) is 4.79 Å². The Kier molecular flexibility index (Phi) is 3.90. The average molecular weight is 331 g/mol. The number of hydrogen-bond acceptors (Lipinski definition) is 5. The molecule has 3 atom stereocenters. The summed E-state index contributed by atoms with van der Waals surface area (Å²) in [5.41, 5.74) is 0.832. The van der Waals surface area contributed by atoms with Crippen molar-refractivity contribution in [2.75, 3.05) is 20.1 Å². The van der Waals surface area contributed by atoms with Gasteiger partial charge in [0.1, 0.15) is 12.7 Å². The maximum Gasteiger partial charge on any atom is 0.254 e. The van der Waals surface area contributed by atoms with E-state index >= 15 is 0 Å². The van der Waals surface area contributed by atoms with Crippen LogP contribution >= 0.6 is 11.3 Å². The molecule has 7 heteroatoms. The molecule has 4 heterocycles. The third kappa shape index (κ3) is 2.79. The second kappa shape index (κ2) is 6.05. The summed E-state index contributed by atoms with van der Waals surface area (Å²) >= 11 is 1.58. The first-order valence-electron chi connectivity index (χ1n) is 8.08. The summed E-state index contributed by atoms with van der Waals surface area (Å²) in [6.45, 7) is 2.61. The quantitative estimate of drug-likeness (QED) is 0.857. The largest absolute Gasteiger partial charge is 0.338 e. The number of amides is 1. The molecule has 0 aliphatic carbocycles. The van der Waals surface area contributed by atoms with Crippen LogP contribution in [0.4, 0.5) is 0 Å². The summed E-state index contributed by atoms with van der Waals surface area (Å²) < 4.78 is 1.91. The van der Waals surface area contributed by atoms with Gasteiger partial charge in [-0.3, -0.25) is 14.4 Å². The van der Waals surface area contributed by atoms with Crippen molar-refractivity contribution in [3.63, 3.8) is 0 Å². The Hall–Kier alpha value is -1.73. The highest BCUT2D eigenvalue weighted by molar-refractivity contribution is 7.08. The van der Waals surface area contributed by atoms with E-state index in [4.69, 9.17) is 0 Å². The van der Waals surface area contributed by atoms with Crippen LogP contribution in [0, 0.1) is 5.92 Å². The minimum atomic E-state index is 0.187. The van der Waals surface area contributed by atoms with Gasteiger partial charge in [-0.15, -0.1) is 0 Å². The fourth-order valence-corrected chi connectivity index (χ4v) is 4.70. The lowest BCUT2D eigenvalue weighted by atomic mass is 9.92. The Labute approximate surface area is 139 Å². The van der Waals surface area contributed by atoms with Gasteiger partial charge in [0.25, 0.3) is 5.91 Å². The Morgan fingerprint density at radius 2 is 2.39 bits per heavy atom.